The molecule has 2 aliphatic carbocycles. The molecule has 174 valence electrons. The SMILES string of the molecule is CN(CCN1CC[C@H]1/C=C/S(=O)(=O)NC(=O)Nc1c2c(cc3c1CCC3)CCC2)C(=O)O. The van der Waals surface area contributed by atoms with E-state index < -0.39 is 22.1 Å². The summed E-state index contributed by atoms with van der Waals surface area (Å²) in [6.07, 6.45) is 7.25. The molecule has 0 saturated carbocycles. The van der Waals surface area contributed by atoms with Gasteiger partial charge in [0.25, 0.3) is 10.0 Å². The number of carbonyl (C=O) groups excluding carboxylic acids is 1. The van der Waals surface area contributed by atoms with Crippen LogP contribution in [-0.4, -0.2) is 68.2 Å². The lowest BCUT2D eigenvalue weighted by Crippen LogP contribution is -2.49. The fourth-order valence-electron chi connectivity index (χ4n) is 4.79. The van der Waals surface area contributed by atoms with Gasteiger partial charge >= 0.3 is 12.1 Å². The van der Waals surface area contributed by atoms with Crippen LogP contribution < -0.4 is 10.0 Å². The Morgan fingerprint density at radius 1 is 1.19 bits per heavy atom. The summed E-state index contributed by atoms with van der Waals surface area (Å²) in [5.41, 5.74) is 5.62. The smallest absolute Gasteiger partial charge is 0.407 e. The van der Waals surface area contributed by atoms with Crippen molar-refractivity contribution in [2.24, 2.45) is 0 Å². The predicted octanol–water partition coefficient (Wildman–Crippen LogP) is 2.31. The van der Waals surface area contributed by atoms with Gasteiger partial charge in [-0.15, -0.1) is 0 Å². The first-order chi connectivity index (χ1) is 15.2. The number of rotatable bonds is 7. The first kappa shape index (κ1) is 22.6. The van der Waals surface area contributed by atoms with Crippen molar-refractivity contribution in [1.82, 2.24) is 14.5 Å². The number of anilines is 1. The van der Waals surface area contributed by atoms with Crippen LogP contribution in [0.2, 0.25) is 0 Å². The van der Waals surface area contributed by atoms with Crippen molar-refractivity contribution in [3.05, 3.63) is 39.8 Å². The molecule has 9 nitrogen and oxygen atoms in total. The molecule has 1 saturated heterocycles. The number of likely N-dealkylation sites (tertiary alicyclic amines) is 1. The fraction of sp³-hybridized carbons (Fsp3) is 0.545. The largest absolute Gasteiger partial charge is 0.465 e. The normalized spacial score (nSPS) is 20.0. The van der Waals surface area contributed by atoms with Crippen molar-refractivity contribution >= 4 is 27.8 Å². The Kier molecular flexibility index (Phi) is 6.43. The number of carbonyl (C=O) groups is 2. The molecule has 32 heavy (non-hydrogen) atoms. The van der Waals surface area contributed by atoms with Gasteiger partial charge in [0.1, 0.15) is 0 Å². The number of hydrogen-bond donors (Lipinski definition) is 3. The molecule has 1 aromatic rings. The van der Waals surface area contributed by atoms with E-state index in [0.29, 0.717) is 13.1 Å². The summed E-state index contributed by atoms with van der Waals surface area (Å²) in [5, 5.41) is 12.8. The highest BCUT2D eigenvalue weighted by Crippen LogP contribution is 2.38. The second kappa shape index (κ2) is 9.11. The van der Waals surface area contributed by atoms with E-state index in [1.165, 1.54) is 23.1 Å². The molecule has 0 spiro atoms. The van der Waals surface area contributed by atoms with Crippen LogP contribution in [0, 0.1) is 0 Å². The van der Waals surface area contributed by atoms with Crippen LogP contribution in [0.15, 0.2) is 17.6 Å². The third kappa shape index (κ3) is 4.91. The Morgan fingerprint density at radius 3 is 2.41 bits per heavy atom. The molecule has 1 fully saturated rings. The minimum Gasteiger partial charge on any atom is -0.465 e. The highest BCUT2D eigenvalue weighted by molar-refractivity contribution is 7.92. The lowest BCUT2D eigenvalue weighted by atomic mass is 9.99. The molecule has 1 aromatic carbocycles. The molecule has 1 heterocycles. The van der Waals surface area contributed by atoms with Gasteiger partial charge in [-0.1, -0.05) is 12.1 Å². The average Bonchev–Trinajstić information content (AvgIpc) is 3.35. The zero-order valence-corrected chi connectivity index (χ0v) is 19.1. The molecule has 3 aliphatic rings. The van der Waals surface area contributed by atoms with Gasteiger partial charge < -0.3 is 15.3 Å². The highest BCUT2D eigenvalue weighted by Gasteiger charge is 2.28. The van der Waals surface area contributed by atoms with E-state index in [4.69, 9.17) is 5.11 Å². The third-order valence-electron chi connectivity index (χ3n) is 6.66. The zero-order valence-electron chi connectivity index (χ0n) is 18.3. The number of carboxylic acid groups (broad SMARTS) is 1. The van der Waals surface area contributed by atoms with Crippen LogP contribution in [0.3, 0.4) is 0 Å². The molecular weight excluding hydrogens is 432 g/mol. The van der Waals surface area contributed by atoms with E-state index in [-0.39, 0.29) is 6.04 Å². The Hall–Kier alpha value is -2.59. The van der Waals surface area contributed by atoms with Crippen molar-refractivity contribution in [3.8, 4) is 0 Å². The Balaban J connectivity index is 1.35. The second-order valence-electron chi connectivity index (χ2n) is 8.76. The van der Waals surface area contributed by atoms with Crippen molar-refractivity contribution in [2.75, 3.05) is 32.0 Å². The summed E-state index contributed by atoms with van der Waals surface area (Å²) >= 11 is 0. The molecular formula is C22H30N4O5S. The summed E-state index contributed by atoms with van der Waals surface area (Å²) in [4.78, 5) is 26.6. The van der Waals surface area contributed by atoms with Gasteiger partial charge in [0, 0.05) is 43.8 Å². The summed E-state index contributed by atoms with van der Waals surface area (Å²) in [6.45, 7) is 1.65. The van der Waals surface area contributed by atoms with Crippen LogP contribution >= 0.6 is 0 Å². The maximum absolute atomic E-state index is 12.6. The maximum atomic E-state index is 12.6. The highest BCUT2D eigenvalue weighted by atomic mass is 32.2. The fourth-order valence-corrected chi connectivity index (χ4v) is 5.56. The number of aryl methyl sites for hydroxylation is 2. The summed E-state index contributed by atoms with van der Waals surface area (Å²) in [6, 6.07) is 1.43. The first-order valence-electron chi connectivity index (χ1n) is 11.1. The predicted molar refractivity (Wildman–Crippen MR) is 121 cm³/mol. The number of nitrogens with zero attached hydrogens (tertiary/aromatic N) is 2. The number of benzene rings is 1. The zero-order chi connectivity index (χ0) is 22.9. The number of hydrogen-bond acceptors (Lipinski definition) is 5. The molecule has 0 unspecified atom stereocenters. The minimum absolute atomic E-state index is 0.0857. The van der Waals surface area contributed by atoms with Crippen LogP contribution in [0.25, 0.3) is 0 Å². The maximum Gasteiger partial charge on any atom is 0.407 e. The quantitative estimate of drug-likeness (QED) is 0.572. The number of likely N-dealkylation sites (N-methyl/N-ethyl adjacent to an activating group) is 1. The number of nitrogens with one attached hydrogen (secondary N) is 2. The number of fused-ring (bicyclic) bond motifs is 2. The minimum atomic E-state index is -3.94. The van der Waals surface area contributed by atoms with Gasteiger partial charge in [0.05, 0.1) is 0 Å². The summed E-state index contributed by atoms with van der Waals surface area (Å²) in [5.74, 6) is 0. The Bertz CT molecular complexity index is 1020. The number of sulfonamides is 1. The molecule has 3 amide bonds. The average molecular weight is 463 g/mol. The van der Waals surface area contributed by atoms with E-state index in [1.807, 2.05) is 4.90 Å². The third-order valence-corrected chi connectivity index (χ3v) is 7.64. The first-order valence-corrected chi connectivity index (χ1v) is 12.6. The van der Waals surface area contributed by atoms with Crippen LogP contribution in [0.1, 0.15) is 41.5 Å². The number of urea groups is 1. The topological polar surface area (TPSA) is 119 Å². The molecule has 3 N–H and O–H groups in total. The van der Waals surface area contributed by atoms with Crippen LogP contribution in [-0.2, 0) is 35.7 Å². The molecule has 0 bridgehead atoms. The molecule has 1 aliphatic heterocycles. The summed E-state index contributed by atoms with van der Waals surface area (Å²) < 4.78 is 27.0. The van der Waals surface area contributed by atoms with E-state index >= 15 is 0 Å². The molecule has 1 atom stereocenters. The van der Waals surface area contributed by atoms with Gasteiger partial charge in [-0.3, -0.25) is 4.90 Å². The van der Waals surface area contributed by atoms with Gasteiger partial charge in [-0.05, 0) is 67.2 Å². The second-order valence-corrected chi connectivity index (χ2v) is 10.3. The van der Waals surface area contributed by atoms with E-state index in [2.05, 4.69) is 16.1 Å². The molecule has 0 radical (unpaired) electrons. The monoisotopic (exact) mass is 462 g/mol. The molecule has 10 heteroatoms. The van der Waals surface area contributed by atoms with Gasteiger partial charge in [0.2, 0.25) is 0 Å². The van der Waals surface area contributed by atoms with E-state index in [1.54, 1.807) is 6.08 Å². The van der Waals surface area contributed by atoms with E-state index in [0.717, 1.165) is 73.7 Å². The van der Waals surface area contributed by atoms with Gasteiger partial charge in [0.15, 0.2) is 0 Å². The molecule has 4 rings (SSSR count). The van der Waals surface area contributed by atoms with Crippen molar-refractivity contribution < 1.29 is 23.1 Å². The van der Waals surface area contributed by atoms with Crippen molar-refractivity contribution in [2.45, 2.75) is 51.0 Å². The van der Waals surface area contributed by atoms with Crippen molar-refractivity contribution in [3.63, 3.8) is 0 Å². The Morgan fingerprint density at radius 2 is 1.84 bits per heavy atom. The molecule has 0 aromatic heterocycles. The van der Waals surface area contributed by atoms with E-state index in [9.17, 15) is 18.0 Å². The lowest BCUT2D eigenvalue weighted by Gasteiger charge is -2.39. The van der Waals surface area contributed by atoms with Gasteiger partial charge in [-0.25, -0.2) is 22.7 Å². The Labute approximate surface area is 188 Å². The van der Waals surface area contributed by atoms with Gasteiger partial charge in [-0.2, -0.15) is 0 Å². The number of amides is 3. The summed E-state index contributed by atoms with van der Waals surface area (Å²) in [7, 11) is -2.44. The van der Waals surface area contributed by atoms with Crippen molar-refractivity contribution in [1.29, 1.82) is 0 Å². The van der Waals surface area contributed by atoms with Crippen LogP contribution in [0.4, 0.5) is 15.3 Å². The standard InChI is InChI=1S/C22H30N4O5S/c1-25(22(28)29)11-12-26-10-8-17(26)9-13-32(30,31)24-21(27)23-20-18-6-2-4-15(18)14-16-5-3-7-19(16)20/h9,13-14,17H,2-8,10-12H2,1H3,(H,28,29)(H2,23,24,27)/b13-9+/t17-/m0/s1. The van der Waals surface area contributed by atoms with Crippen LogP contribution in [0.5, 0.6) is 0 Å². The lowest BCUT2D eigenvalue weighted by molar-refractivity contribution is 0.104.